The van der Waals surface area contributed by atoms with Crippen LogP contribution in [-0.2, 0) is 6.54 Å². The van der Waals surface area contributed by atoms with E-state index in [4.69, 9.17) is 0 Å². The molecule has 3 heteroatoms. The Balaban J connectivity index is 1.73. The van der Waals surface area contributed by atoms with E-state index in [0.717, 1.165) is 19.1 Å². The lowest BCUT2D eigenvalue weighted by Gasteiger charge is -2.34. The van der Waals surface area contributed by atoms with Gasteiger partial charge in [0, 0.05) is 38.3 Å². The minimum absolute atomic E-state index is 0.570. The molecule has 0 bridgehead atoms. The van der Waals surface area contributed by atoms with Gasteiger partial charge in [0.25, 0.3) is 0 Å². The Morgan fingerprint density at radius 1 is 1.25 bits per heavy atom. The fourth-order valence-electron chi connectivity index (χ4n) is 3.89. The predicted molar refractivity (Wildman–Crippen MR) is 83.8 cm³/mol. The van der Waals surface area contributed by atoms with E-state index >= 15 is 0 Å². The topological polar surface area (TPSA) is 18.5 Å². The molecule has 1 fully saturated rings. The first-order valence-electron chi connectivity index (χ1n) is 8.10. The van der Waals surface area contributed by atoms with E-state index in [1.165, 1.54) is 38.2 Å². The maximum absolute atomic E-state index is 3.58. The van der Waals surface area contributed by atoms with E-state index in [2.05, 4.69) is 53.2 Å². The van der Waals surface area contributed by atoms with Gasteiger partial charge in [-0.25, -0.2) is 0 Å². The SMILES string of the molecule is CCN(CC)C1CCN(C2CNCc3ccccc32)C1. The van der Waals surface area contributed by atoms with E-state index < -0.39 is 0 Å². The smallest absolute Gasteiger partial charge is 0.0476 e. The summed E-state index contributed by atoms with van der Waals surface area (Å²) in [5.74, 6) is 0. The van der Waals surface area contributed by atoms with E-state index in [9.17, 15) is 0 Å². The van der Waals surface area contributed by atoms with Crippen LogP contribution in [0.15, 0.2) is 24.3 Å². The van der Waals surface area contributed by atoms with Gasteiger partial charge >= 0.3 is 0 Å². The largest absolute Gasteiger partial charge is 0.311 e. The van der Waals surface area contributed by atoms with Crippen LogP contribution in [0.2, 0.25) is 0 Å². The van der Waals surface area contributed by atoms with Gasteiger partial charge < -0.3 is 5.32 Å². The van der Waals surface area contributed by atoms with Gasteiger partial charge in [-0.05, 0) is 30.6 Å². The van der Waals surface area contributed by atoms with Crippen molar-refractivity contribution in [2.75, 3.05) is 32.7 Å². The molecule has 0 aromatic heterocycles. The molecule has 0 aliphatic carbocycles. The maximum Gasteiger partial charge on any atom is 0.0476 e. The van der Waals surface area contributed by atoms with E-state index in [1.54, 1.807) is 5.56 Å². The van der Waals surface area contributed by atoms with Gasteiger partial charge in [-0.2, -0.15) is 0 Å². The minimum atomic E-state index is 0.570. The van der Waals surface area contributed by atoms with E-state index in [0.29, 0.717) is 6.04 Å². The lowest BCUT2D eigenvalue weighted by Crippen LogP contribution is -2.41. The zero-order valence-electron chi connectivity index (χ0n) is 12.8. The number of nitrogens with zero attached hydrogens (tertiary/aromatic N) is 2. The third kappa shape index (κ3) is 2.62. The Morgan fingerprint density at radius 3 is 2.85 bits per heavy atom. The summed E-state index contributed by atoms with van der Waals surface area (Å²) in [6.45, 7) is 11.5. The van der Waals surface area contributed by atoms with E-state index in [-0.39, 0.29) is 0 Å². The highest BCUT2D eigenvalue weighted by Crippen LogP contribution is 2.30. The van der Waals surface area contributed by atoms with Gasteiger partial charge in [0.05, 0.1) is 0 Å². The van der Waals surface area contributed by atoms with Crippen LogP contribution >= 0.6 is 0 Å². The van der Waals surface area contributed by atoms with Crippen molar-refractivity contribution in [3.05, 3.63) is 35.4 Å². The molecular formula is C17H27N3. The third-order valence-corrected chi connectivity index (χ3v) is 5.03. The summed E-state index contributed by atoms with van der Waals surface area (Å²) < 4.78 is 0. The first kappa shape index (κ1) is 14.1. The van der Waals surface area contributed by atoms with Crippen LogP contribution in [0.25, 0.3) is 0 Å². The highest BCUT2D eigenvalue weighted by atomic mass is 15.3. The summed E-state index contributed by atoms with van der Waals surface area (Å²) in [6.07, 6.45) is 1.32. The second-order valence-electron chi connectivity index (χ2n) is 6.00. The fraction of sp³-hybridized carbons (Fsp3) is 0.647. The van der Waals surface area contributed by atoms with Crippen molar-refractivity contribution in [2.45, 2.75) is 38.9 Å². The Hall–Kier alpha value is -0.900. The first-order valence-corrected chi connectivity index (χ1v) is 8.10. The van der Waals surface area contributed by atoms with Crippen LogP contribution in [0.5, 0.6) is 0 Å². The zero-order valence-corrected chi connectivity index (χ0v) is 12.8. The second kappa shape index (κ2) is 6.25. The fourth-order valence-corrected chi connectivity index (χ4v) is 3.89. The molecule has 1 N–H and O–H groups in total. The monoisotopic (exact) mass is 273 g/mol. The van der Waals surface area contributed by atoms with Crippen LogP contribution in [0.3, 0.4) is 0 Å². The molecule has 0 radical (unpaired) electrons. The molecule has 20 heavy (non-hydrogen) atoms. The molecule has 2 aliphatic heterocycles. The molecule has 2 atom stereocenters. The van der Waals surface area contributed by atoms with Gasteiger partial charge in [-0.3, -0.25) is 9.80 Å². The first-order chi connectivity index (χ1) is 9.83. The van der Waals surface area contributed by atoms with Crippen molar-refractivity contribution >= 4 is 0 Å². The summed E-state index contributed by atoms with van der Waals surface area (Å²) in [5.41, 5.74) is 3.03. The van der Waals surface area contributed by atoms with Gasteiger partial charge in [-0.1, -0.05) is 38.1 Å². The van der Waals surface area contributed by atoms with Crippen molar-refractivity contribution < 1.29 is 0 Å². The molecule has 1 saturated heterocycles. The van der Waals surface area contributed by atoms with E-state index in [1.807, 2.05) is 0 Å². The summed E-state index contributed by atoms with van der Waals surface area (Å²) in [6, 6.07) is 10.3. The molecule has 0 spiro atoms. The van der Waals surface area contributed by atoms with Crippen LogP contribution in [0.4, 0.5) is 0 Å². The molecule has 0 amide bonds. The van der Waals surface area contributed by atoms with Gasteiger partial charge in [-0.15, -0.1) is 0 Å². The number of fused-ring (bicyclic) bond motifs is 1. The van der Waals surface area contributed by atoms with Crippen LogP contribution < -0.4 is 5.32 Å². The highest BCUT2D eigenvalue weighted by Gasteiger charge is 2.33. The number of likely N-dealkylation sites (N-methyl/N-ethyl adjacent to an activating group) is 1. The highest BCUT2D eigenvalue weighted by molar-refractivity contribution is 5.32. The molecule has 2 unspecified atom stereocenters. The molecule has 2 heterocycles. The molecule has 3 rings (SSSR count). The summed E-state index contributed by atoms with van der Waals surface area (Å²) in [7, 11) is 0. The van der Waals surface area contributed by atoms with Crippen molar-refractivity contribution in [2.24, 2.45) is 0 Å². The zero-order chi connectivity index (χ0) is 13.9. The molecule has 1 aromatic carbocycles. The molecule has 3 nitrogen and oxygen atoms in total. The summed E-state index contributed by atoms with van der Waals surface area (Å²) in [5, 5.41) is 3.58. The molecule has 0 saturated carbocycles. The van der Waals surface area contributed by atoms with Crippen molar-refractivity contribution in [1.82, 2.24) is 15.1 Å². The van der Waals surface area contributed by atoms with Crippen LogP contribution in [0.1, 0.15) is 37.4 Å². The number of likely N-dealkylation sites (tertiary alicyclic amines) is 1. The second-order valence-corrected chi connectivity index (χ2v) is 6.00. The molecule has 110 valence electrons. The Morgan fingerprint density at radius 2 is 2.05 bits per heavy atom. The minimum Gasteiger partial charge on any atom is -0.311 e. The van der Waals surface area contributed by atoms with Gasteiger partial charge in [0.15, 0.2) is 0 Å². The van der Waals surface area contributed by atoms with Gasteiger partial charge in [0.1, 0.15) is 0 Å². The summed E-state index contributed by atoms with van der Waals surface area (Å²) in [4.78, 5) is 5.30. The standard InChI is InChI=1S/C17H27N3/c1-3-19(4-2)15-9-10-20(13-15)17-12-18-11-14-7-5-6-8-16(14)17/h5-8,15,17-18H,3-4,9-13H2,1-2H3. The Kier molecular flexibility index (Phi) is 4.39. The number of benzene rings is 1. The maximum atomic E-state index is 3.58. The summed E-state index contributed by atoms with van der Waals surface area (Å²) >= 11 is 0. The lowest BCUT2D eigenvalue weighted by molar-refractivity contribution is 0.181. The predicted octanol–water partition coefficient (Wildman–Crippen LogP) is 2.25. The lowest BCUT2D eigenvalue weighted by atomic mass is 9.96. The van der Waals surface area contributed by atoms with Crippen molar-refractivity contribution in [1.29, 1.82) is 0 Å². The Bertz CT molecular complexity index is 442. The average molecular weight is 273 g/mol. The molecule has 1 aromatic rings. The number of hydrogen-bond acceptors (Lipinski definition) is 3. The van der Waals surface area contributed by atoms with Crippen molar-refractivity contribution in [3.8, 4) is 0 Å². The quantitative estimate of drug-likeness (QED) is 0.908. The number of nitrogens with one attached hydrogen (secondary N) is 1. The average Bonchev–Trinajstić information content (AvgIpc) is 2.97. The number of rotatable bonds is 4. The number of hydrogen-bond donors (Lipinski definition) is 1. The normalized spacial score (nSPS) is 26.9. The molecular weight excluding hydrogens is 246 g/mol. The van der Waals surface area contributed by atoms with Gasteiger partial charge in [0.2, 0.25) is 0 Å². The molecule has 2 aliphatic rings. The van der Waals surface area contributed by atoms with Crippen molar-refractivity contribution in [3.63, 3.8) is 0 Å². The van der Waals surface area contributed by atoms with Crippen LogP contribution in [0, 0.1) is 0 Å². The Labute approximate surface area is 123 Å². The third-order valence-electron chi connectivity index (χ3n) is 5.03. The van der Waals surface area contributed by atoms with Crippen LogP contribution in [-0.4, -0.2) is 48.6 Å².